The van der Waals surface area contributed by atoms with Crippen LogP contribution in [0.1, 0.15) is 31.4 Å². The predicted octanol–water partition coefficient (Wildman–Crippen LogP) is 1.16. The van der Waals surface area contributed by atoms with Crippen molar-refractivity contribution in [2.45, 2.75) is 45.2 Å². The third-order valence-corrected chi connectivity index (χ3v) is 4.73. The van der Waals surface area contributed by atoms with Crippen LogP contribution in [0.4, 0.5) is 0 Å². The molecule has 0 spiro atoms. The zero-order valence-electron chi connectivity index (χ0n) is 12.3. The van der Waals surface area contributed by atoms with Crippen LogP contribution in [0, 0.1) is 6.92 Å². The fourth-order valence-corrected chi connectivity index (χ4v) is 3.37. The van der Waals surface area contributed by atoms with Gasteiger partial charge in [-0.3, -0.25) is 19.0 Å². The van der Waals surface area contributed by atoms with Crippen molar-refractivity contribution in [1.82, 2.24) is 9.47 Å². The maximum absolute atomic E-state index is 12.5. The molecule has 0 aromatic carbocycles. The maximum Gasteiger partial charge on any atom is 0.307 e. The first-order valence-electron chi connectivity index (χ1n) is 7.04. The molecule has 1 fully saturated rings. The minimum absolute atomic E-state index is 0.0475. The minimum Gasteiger partial charge on any atom is -0.469 e. The molecule has 7 heteroatoms. The van der Waals surface area contributed by atoms with Crippen LogP contribution in [0.15, 0.2) is 10.2 Å². The normalized spacial score (nSPS) is 18.6. The molecule has 1 aliphatic rings. The highest BCUT2D eigenvalue weighted by Gasteiger charge is 2.29. The van der Waals surface area contributed by atoms with Crippen LogP contribution in [0.3, 0.4) is 0 Å². The third-order valence-electron chi connectivity index (χ3n) is 3.85. The number of amides is 1. The first-order valence-corrected chi connectivity index (χ1v) is 7.92. The molecule has 0 N–H and O–H groups in total. The molecule has 2 rings (SSSR count). The lowest BCUT2D eigenvalue weighted by molar-refractivity contribution is -0.144. The van der Waals surface area contributed by atoms with E-state index in [4.69, 9.17) is 4.74 Å². The molecule has 1 aromatic heterocycles. The molecule has 1 atom stereocenters. The van der Waals surface area contributed by atoms with Gasteiger partial charge in [-0.2, -0.15) is 0 Å². The van der Waals surface area contributed by atoms with E-state index < -0.39 is 0 Å². The van der Waals surface area contributed by atoms with Gasteiger partial charge in [-0.05, 0) is 26.2 Å². The van der Waals surface area contributed by atoms with E-state index in [9.17, 15) is 14.4 Å². The molecular weight excluding hydrogens is 292 g/mol. The van der Waals surface area contributed by atoms with Gasteiger partial charge in [0, 0.05) is 23.7 Å². The van der Waals surface area contributed by atoms with Gasteiger partial charge in [-0.25, -0.2) is 0 Å². The van der Waals surface area contributed by atoms with Crippen molar-refractivity contribution in [2.75, 3.05) is 13.7 Å². The molecule has 1 amide bonds. The highest BCUT2D eigenvalue weighted by molar-refractivity contribution is 7.07. The Bertz CT molecular complexity index is 578. The van der Waals surface area contributed by atoms with E-state index in [-0.39, 0.29) is 35.8 Å². The summed E-state index contributed by atoms with van der Waals surface area (Å²) >= 11 is 1.10. The fraction of sp³-hybridized carbons (Fsp3) is 0.643. The number of hydrogen-bond donors (Lipinski definition) is 0. The maximum atomic E-state index is 12.5. The number of carbonyl (C=O) groups excluding carboxylic acids is 2. The van der Waals surface area contributed by atoms with Crippen LogP contribution < -0.4 is 4.87 Å². The number of aryl methyl sites for hydroxylation is 1. The molecule has 2 heterocycles. The van der Waals surface area contributed by atoms with Crippen molar-refractivity contribution in [1.29, 1.82) is 0 Å². The molecule has 0 bridgehead atoms. The van der Waals surface area contributed by atoms with Gasteiger partial charge in [0.25, 0.3) is 0 Å². The van der Waals surface area contributed by atoms with E-state index in [1.54, 1.807) is 10.3 Å². The van der Waals surface area contributed by atoms with Crippen LogP contribution in [0.25, 0.3) is 0 Å². The van der Waals surface area contributed by atoms with Crippen LogP contribution in [0.5, 0.6) is 0 Å². The van der Waals surface area contributed by atoms with Gasteiger partial charge in [0.05, 0.1) is 13.5 Å². The average Bonchev–Trinajstić information content (AvgIpc) is 2.79. The van der Waals surface area contributed by atoms with Gasteiger partial charge in [-0.15, -0.1) is 0 Å². The van der Waals surface area contributed by atoms with E-state index in [0.29, 0.717) is 6.54 Å². The number of piperidine rings is 1. The van der Waals surface area contributed by atoms with Gasteiger partial charge >= 0.3 is 10.8 Å². The topological polar surface area (TPSA) is 68.6 Å². The van der Waals surface area contributed by atoms with E-state index in [0.717, 1.165) is 36.3 Å². The Hall–Kier alpha value is -1.63. The molecule has 0 saturated carbocycles. The Morgan fingerprint density at radius 2 is 2.19 bits per heavy atom. The summed E-state index contributed by atoms with van der Waals surface area (Å²) in [6.45, 7) is 2.50. The summed E-state index contributed by atoms with van der Waals surface area (Å²) in [7, 11) is 1.35. The standard InChI is InChI=1S/C14H20N2O4S/c1-10-9-21-14(19)16(10)8-12(17)15-6-4-3-5-11(15)7-13(18)20-2/h9,11H,3-8H2,1-2H3. The number of ether oxygens (including phenoxy) is 1. The van der Waals surface area contributed by atoms with Crippen LogP contribution in [-0.2, 0) is 20.9 Å². The Morgan fingerprint density at radius 1 is 1.43 bits per heavy atom. The number of esters is 1. The summed E-state index contributed by atoms with van der Waals surface area (Å²) in [5.41, 5.74) is 0.792. The highest BCUT2D eigenvalue weighted by atomic mass is 32.1. The lowest BCUT2D eigenvalue weighted by Gasteiger charge is -2.35. The second-order valence-corrected chi connectivity index (χ2v) is 6.07. The second-order valence-electron chi connectivity index (χ2n) is 5.25. The number of methoxy groups -OCH3 is 1. The minimum atomic E-state index is -0.302. The molecule has 1 saturated heterocycles. The van der Waals surface area contributed by atoms with Crippen molar-refractivity contribution >= 4 is 23.2 Å². The largest absolute Gasteiger partial charge is 0.469 e. The summed E-state index contributed by atoms with van der Waals surface area (Å²) in [6, 6.07) is -0.117. The highest BCUT2D eigenvalue weighted by Crippen LogP contribution is 2.20. The van der Waals surface area contributed by atoms with Gasteiger partial charge in [0.1, 0.15) is 6.54 Å². The number of thiazole rings is 1. The number of aromatic nitrogens is 1. The smallest absolute Gasteiger partial charge is 0.307 e. The second kappa shape index (κ2) is 6.89. The zero-order valence-corrected chi connectivity index (χ0v) is 13.1. The van der Waals surface area contributed by atoms with Crippen LogP contribution in [0.2, 0.25) is 0 Å². The van der Waals surface area contributed by atoms with Crippen molar-refractivity contribution in [3.63, 3.8) is 0 Å². The summed E-state index contributed by atoms with van der Waals surface area (Å²) in [5, 5.41) is 1.75. The summed E-state index contributed by atoms with van der Waals surface area (Å²) in [6.07, 6.45) is 2.96. The molecule has 1 aliphatic heterocycles. The Kier molecular flexibility index (Phi) is 5.17. The van der Waals surface area contributed by atoms with Crippen molar-refractivity contribution < 1.29 is 14.3 Å². The Morgan fingerprint density at radius 3 is 2.81 bits per heavy atom. The third kappa shape index (κ3) is 3.72. The Labute approximate surface area is 127 Å². The molecule has 21 heavy (non-hydrogen) atoms. The van der Waals surface area contributed by atoms with E-state index in [1.807, 2.05) is 6.92 Å². The van der Waals surface area contributed by atoms with Crippen molar-refractivity contribution in [2.24, 2.45) is 0 Å². The van der Waals surface area contributed by atoms with E-state index >= 15 is 0 Å². The van der Waals surface area contributed by atoms with Gasteiger partial charge in [0.15, 0.2) is 0 Å². The summed E-state index contributed by atoms with van der Waals surface area (Å²) < 4.78 is 6.18. The van der Waals surface area contributed by atoms with Crippen molar-refractivity contribution in [3.8, 4) is 0 Å². The number of likely N-dealkylation sites (tertiary alicyclic amines) is 1. The predicted molar refractivity (Wildman–Crippen MR) is 79.3 cm³/mol. The average molecular weight is 312 g/mol. The monoisotopic (exact) mass is 312 g/mol. The molecular formula is C14H20N2O4S. The quantitative estimate of drug-likeness (QED) is 0.783. The molecule has 1 unspecified atom stereocenters. The summed E-state index contributed by atoms with van der Waals surface area (Å²) in [4.78, 5) is 37.2. The fourth-order valence-electron chi connectivity index (χ4n) is 2.64. The number of rotatable bonds is 4. The lowest BCUT2D eigenvalue weighted by atomic mass is 9.99. The molecule has 1 aromatic rings. The number of carbonyl (C=O) groups is 2. The SMILES string of the molecule is COC(=O)CC1CCCCN1C(=O)Cn1c(C)csc1=O. The number of nitrogens with zero attached hydrogens (tertiary/aromatic N) is 2. The molecule has 6 nitrogen and oxygen atoms in total. The van der Waals surface area contributed by atoms with Crippen LogP contribution >= 0.6 is 11.3 Å². The molecule has 0 radical (unpaired) electrons. The van der Waals surface area contributed by atoms with Gasteiger partial charge in [-0.1, -0.05) is 11.3 Å². The summed E-state index contributed by atoms with van der Waals surface area (Å²) in [5.74, 6) is -0.407. The van der Waals surface area contributed by atoms with Crippen molar-refractivity contribution in [3.05, 3.63) is 20.7 Å². The first kappa shape index (κ1) is 15.8. The lowest BCUT2D eigenvalue weighted by Crippen LogP contribution is -2.46. The van der Waals surface area contributed by atoms with E-state index in [1.165, 1.54) is 11.7 Å². The van der Waals surface area contributed by atoms with Gasteiger partial charge < -0.3 is 9.64 Å². The van der Waals surface area contributed by atoms with E-state index in [2.05, 4.69) is 0 Å². The first-order chi connectivity index (χ1) is 10.0. The van der Waals surface area contributed by atoms with Crippen LogP contribution in [-0.4, -0.2) is 41.0 Å². The molecule has 0 aliphatic carbocycles. The van der Waals surface area contributed by atoms with Gasteiger partial charge in [0.2, 0.25) is 5.91 Å². The Balaban J connectivity index is 2.08. The zero-order chi connectivity index (χ0) is 15.4. The number of hydrogen-bond acceptors (Lipinski definition) is 5. The molecule has 116 valence electrons.